The van der Waals surface area contributed by atoms with Gasteiger partial charge >= 0.3 is 0 Å². The van der Waals surface area contributed by atoms with E-state index in [0.29, 0.717) is 12.2 Å². The highest BCUT2D eigenvalue weighted by atomic mass is 32.2. The van der Waals surface area contributed by atoms with Crippen LogP contribution in [0.1, 0.15) is 37.0 Å². The number of amides is 1. The second-order valence-corrected chi connectivity index (χ2v) is 15.9. The minimum Gasteiger partial charge on any atom is -0.483 e. The molecule has 0 aliphatic carbocycles. The van der Waals surface area contributed by atoms with Gasteiger partial charge in [-0.3, -0.25) is 4.79 Å². The summed E-state index contributed by atoms with van der Waals surface area (Å²) >= 11 is 1.42. The molecule has 1 amide bonds. The topological polar surface area (TPSA) is 124 Å². The zero-order chi connectivity index (χ0) is 34.8. The van der Waals surface area contributed by atoms with Crippen LogP contribution in [0.5, 0.6) is 5.75 Å². The lowest BCUT2D eigenvalue weighted by molar-refractivity contribution is -0.124. The van der Waals surface area contributed by atoms with Crippen molar-refractivity contribution < 1.29 is 23.1 Å². The third-order valence-electron chi connectivity index (χ3n) is 7.88. The Labute approximate surface area is 289 Å². The second-order valence-electron chi connectivity index (χ2n) is 12.9. The quantitative estimate of drug-likeness (QED) is 0.123. The first kappa shape index (κ1) is 37.3. The number of nitrogens with zero attached hydrogens (tertiary/aromatic N) is 3. The van der Waals surface area contributed by atoms with Crippen LogP contribution in [-0.4, -0.2) is 92.6 Å². The molecule has 1 aromatic heterocycles. The summed E-state index contributed by atoms with van der Waals surface area (Å²) in [7, 11) is 0.0585. The van der Waals surface area contributed by atoms with Crippen LogP contribution in [0.4, 0.5) is 5.13 Å². The van der Waals surface area contributed by atoms with Crippen molar-refractivity contribution in [3.05, 3.63) is 83.4 Å². The Morgan fingerprint density at radius 3 is 2.38 bits per heavy atom. The van der Waals surface area contributed by atoms with Gasteiger partial charge in [0.1, 0.15) is 5.75 Å². The number of hydrogen-bond acceptors (Lipinski definition) is 9. The average Bonchev–Trinajstić information content (AvgIpc) is 3.44. The number of carbonyl (C=O) groups is 1. The summed E-state index contributed by atoms with van der Waals surface area (Å²) in [6.45, 7) is 9.18. The summed E-state index contributed by atoms with van der Waals surface area (Å²) in [5, 5.41) is 18.6. The number of aryl methyl sites for hydroxylation is 2. The molecule has 48 heavy (non-hydrogen) atoms. The normalized spacial score (nSPS) is 13.3. The van der Waals surface area contributed by atoms with Gasteiger partial charge in [-0.05, 0) is 88.1 Å². The lowest BCUT2D eigenvalue weighted by Crippen LogP contribution is -2.52. The van der Waals surface area contributed by atoms with Crippen molar-refractivity contribution in [2.75, 3.05) is 52.2 Å². The van der Waals surface area contributed by atoms with E-state index in [1.54, 1.807) is 18.2 Å². The molecule has 0 unspecified atom stereocenters. The molecule has 260 valence electrons. The van der Waals surface area contributed by atoms with E-state index in [9.17, 15) is 18.3 Å². The molecule has 3 N–H and O–H groups in total. The van der Waals surface area contributed by atoms with Crippen LogP contribution in [0.15, 0.2) is 71.6 Å². The number of sulfonamides is 1. The molecule has 0 aliphatic rings. The van der Waals surface area contributed by atoms with Gasteiger partial charge in [-0.15, -0.1) is 0 Å². The third-order valence-corrected chi connectivity index (χ3v) is 10.7. The zero-order valence-corrected chi connectivity index (χ0v) is 30.4. The van der Waals surface area contributed by atoms with E-state index in [2.05, 4.69) is 20.5 Å². The molecule has 1 heterocycles. The third kappa shape index (κ3) is 10.5. The van der Waals surface area contributed by atoms with Gasteiger partial charge in [0.05, 0.1) is 27.3 Å². The van der Waals surface area contributed by atoms with Crippen molar-refractivity contribution >= 4 is 42.6 Å². The molecular weight excluding hydrogens is 647 g/mol. The lowest BCUT2D eigenvalue weighted by Gasteiger charge is -2.30. The monoisotopic (exact) mass is 695 g/mol. The minimum atomic E-state index is -4.01. The molecule has 10 nitrogen and oxygen atoms in total. The average molecular weight is 696 g/mol. The van der Waals surface area contributed by atoms with Crippen molar-refractivity contribution in [2.45, 2.75) is 57.6 Å². The molecule has 0 bridgehead atoms. The van der Waals surface area contributed by atoms with Crippen LogP contribution < -0.4 is 15.4 Å². The molecule has 0 spiro atoms. The highest BCUT2D eigenvalue weighted by Crippen LogP contribution is 2.30. The van der Waals surface area contributed by atoms with E-state index in [0.717, 1.165) is 51.5 Å². The first-order valence-corrected chi connectivity index (χ1v) is 18.6. The van der Waals surface area contributed by atoms with E-state index in [1.165, 1.54) is 15.6 Å². The number of ether oxygens (including phenoxy) is 1. The Morgan fingerprint density at radius 1 is 1.00 bits per heavy atom. The van der Waals surface area contributed by atoms with Crippen LogP contribution in [0.25, 0.3) is 10.2 Å². The van der Waals surface area contributed by atoms with Gasteiger partial charge in [0.2, 0.25) is 10.0 Å². The summed E-state index contributed by atoms with van der Waals surface area (Å²) in [5.74, 6) is 0.231. The minimum absolute atomic E-state index is 0.00926. The number of fused-ring (bicyclic) bond motifs is 1. The summed E-state index contributed by atoms with van der Waals surface area (Å²) < 4.78 is 36.2. The first-order chi connectivity index (χ1) is 22.8. The van der Waals surface area contributed by atoms with Crippen LogP contribution in [0, 0.1) is 19.8 Å². The molecule has 0 saturated carbocycles. The van der Waals surface area contributed by atoms with Crippen molar-refractivity contribution in [3.8, 4) is 5.75 Å². The van der Waals surface area contributed by atoms with E-state index >= 15 is 0 Å². The number of nitrogens with one attached hydrogen (secondary N) is 2. The molecule has 0 fully saturated rings. The molecule has 0 saturated heterocycles. The van der Waals surface area contributed by atoms with Gasteiger partial charge in [0, 0.05) is 19.6 Å². The number of benzene rings is 3. The number of hydrogen-bond donors (Lipinski definition) is 3. The maximum atomic E-state index is 14.1. The van der Waals surface area contributed by atoms with Gasteiger partial charge in [0.25, 0.3) is 5.91 Å². The Kier molecular flexibility index (Phi) is 13.4. The van der Waals surface area contributed by atoms with Gasteiger partial charge in [0.15, 0.2) is 11.7 Å². The van der Waals surface area contributed by atoms with Crippen LogP contribution in [0.2, 0.25) is 0 Å². The molecule has 4 aromatic rings. The van der Waals surface area contributed by atoms with Gasteiger partial charge < -0.3 is 25.4 Å². The van der Waals surface area contributed by atoms with Gasteiger partial charge in [-0.1, -0.05) is 73.7 Å². The smallest absolute Gasteiger partial charge is 0.258 e. The molecule has 12 heteroatoms. The number of aromatic nitrogens is 1. The number of anilines is 1. The van der Waals surface area contributed by atoms with E-state index in [4.69, 9.17) is 4.74 Å². The predicted octanol–water partition coefficient (Wildman–Crippen LogP) is 5.09. The molecule has 0 aliphatic heterocycles. The fraction of sp³-hybridized carbons (Fsp3) is 0.444. The van der Waals surface area contributed by atoms with Crippen molar-refractivity contribution in [2.24, 2.45) is 5.92 Å². The molecule has 0 radical (unpaired) electrons. The summed E-state index contributed by atoms with van der Waals surface area (Å²) in [4.78, 5) is 20.1. The maximum Gasteiger partial charge on any atom is 0.258 e. The molecule has 2 atom stereocenters. The Hall–Kier alpha value is -3.55. The standard InChI is InChI=1S/C36H49N5O5S2/c1-25(2)22-41(48(44,45)29-16-17-30-33(21-29)47-36(39-30)37-18-11-19-40(5)6)23-32(42)31(20-28-14-8-7-9-15-28)38-34(43)24-46-35-26(3)12-10-13-27(35)4/h7-10,12-17,21,25,31-32,42H,11,18-20,22-24H2,1-6H3,(H,37,39)(H,38,43)/t31-,32+/m0/s1. The SMILES string of the molecule is Cc1cccc(C)c1OCC(=O)N[C@@H](Cc1ccccc1)[C@H](O)CN(CC(C)C)S(=O)(=O)c1ccc2nc(NCCCN(C)C)sc2c1. The largest absolute Gasteiger partial charge is 0.483 e. The summed E-state index contributed by atoms with van der Waals surface area (Å²) in [6.07, 6.45) is 0.0669. The van der Waals surface area contributed by atoms with E-state index < -0.39 is 28.1 Å². The van der Waals surface area contributed by atoms with Crippen molar-refractivity contribution in [1.29, 1.82) is 0 Å². The maximum absolute atomic E-state index is 14.1. The lowest BCUT2D eigenvalue weighted by atomic mass is 10.0. The van der Waals surface area contributed by atoms with Crippen molar-refractivity contribution in [3.63, 3.8) is 0 Å². The highest BCUT2D eigenvalue weighted by Gasteiger charge is 2.32. The Morgan fingerprint density at radius 2 is 1.71 bits per heavy atom. The zero-order valence-electron chi connectivity index (χ0n) is 28.8. The summed E-state index contributed by atoms with van der Waals surface area (Å²) in [5.41, 5.74) is 3.46. The van der Waals surface area contributed by atoms with Crippen LogP contribution in [-0.2, 0) is 21.2 Å². The molecule has 4 rings (SSSR count). The number of carbonyl (C=O) groups excluding carboxylic acids is 1. The van der Waals surface area contributed by atoms with E-state index in [1.807, 2.05) is 90.3 Å². The summed E-state index contributed by atoms with van der Waals surface area (Å²) in [6, 6.07) is 19.5. The van der Waals surface area contributed by atoms with Crippen LogP contribution >= 0.6 is 11.3 Å². The number of aliphatic hydroxyl groups excluding tert-OH is 1. The van der Waals surface area contributed by atoms with Gasteiger partial charge in [-0.25, -0.2) is 13.4 Å². The first-order valence-electron chi connectivity index (χ1n) is 16.3. The van der Waals surface area contributed by atoms with Crippen molar-refractivity contribution in [1.82, 2.24) is 19.5 Å². The molecule has 3 aromatic carbocycles. The van der Waals surface area contributed by atoms with E-state index in [-0.39, 0.29) is 30.5 Å². The number of aliphatic hydroxyl groups is 1. The number of thiazole rings is 1. The fourth-order valence-electron chi connectivity index (χ4n) is 5.46. The number of rotatable bonds is 18. The second kappa shape index (κ2) is 17.2. The number of para-hydroxylation sites is 1. The Bertz CT molecular complexity index is 1720. The Balaban J connectivity index is 1.52. The predicted molar refractivity (Wildman–Crippen MR) is 194 cm³/mol. The molecular formula is C36H49N5O5S2. The fourth-order valence-corrected chi connectivity index (χ4v) is 8.11. The highest BCUT2D eigenvalue weighted by molar-refractivity contribution is 7.89. The van der Waals surface area contributed by atoms with Crippen LogP contribution in [0.3, 0.4) is 0 Å². The van der Waals surface area contributed by atoms with Gasteiger partial charge in [-0.2, -0.15) is 4.31 Å².